The highest BCUT2D eigenvalue weighted by Crippen LogP contribution is 2.20. The van der Waals surface area contributed by atoms with E-state index in [0.717, 1.165) is 62.1 Å². The molecule has 1 saturated heterocycles. The van der Waals surface area contributed by atoms with Crippen LogP contribution in [0.3, 0.4) is 0 Å². The van der Waals surface area contributed by atoms with E-state index < -0.39 is 0 Å². The number of nitrogens with one attached hydrogen (secondary N) is 2. The number of fused-ring (bicyclic) bond motifs is 1. The number of likely N-dealkylation sites (tertiary alicyclic amines) is 1. The second kappa shape index (κ2) is 9.18. The molecular formula is C17H27ClN4O2. The maximum absolute atomic E-state index is 12.2. The van der Waals surface area contributed by atoms with Crippen molar-refractivity contribution in [3.63, 3.8) is 0 Å². The molecule has 7 heteroatoms. The van der Waals surface area contributed by atoms with E-state index in [1.807, 2.05) is 0 Å². The molecule has 0 aromatic carbocycles. The number of aromatic amines is 1. The Morgan fingerprint density at radius 2 is 1.79 bits per heavy atom. The summed E-state index contributed by atoms with van der Waals surface area (Å²) in [5.41, 5.74) is 2.50. The molecule has 0 bridgehead atoms. The van der Waals surface area contributed by atoms with Crippen LogP contribution in [-0.4, -0.2) is 47.2 Å². The van der Waals surface area contributed by atoms with Gasteiger partial charge in [-0.1, -0.05) is 6.42 Å². The molecule has 1 aliphatic heterocycles. The van der Waals surface area contributed by atoms with Gasteiger partial charge >= 0.3 is 0 Å². The topological polar surface area (TPSA) is 78.1 Å². The van der Waals surface area contributed by atoms with Crippen LogP contribution in [-0.2, 0) is 24.1 Å². The van der Waals surface area contributed by atoms with Gasteiger partial charge in [0.15, 0.2) is 0 Å². The Labute approximate surface area is 148 Å². The second-order valence-electron chi connectivity index (χ2n) is 6.59. The van der Waals surface area contributed by atoms with E-state index >= 15 is 0 Å². The van der Waals surface area contributed by atoms with Gasteiger partial charge in [0.25, 0.3) is 5.56 Å². The monoisotopic (exact) mass is 354 g/mol. The van der Waals surface area contributed by atoms with Crippen molar-refractivity contribution in [2.75, 3.05) is 26.2 Å². The number of rotatable bonds is 5. The number of amides is 1. The van der Waals surface area contributed by atoms with E-state index in [1.165, 1.54) is 19.3 Å². The molecule has 0 radical (unpaired) electrons. The van der Waals surface area contributed by atoms with Gasteiger partial charge in [-0.05, 0) is 57.2 Å². The molecule has 2 aliphatic rings. The van der Waals surface area contributed by atoms with E-state index in [4.69, 9.17) is 0 Å². The normalized spacial score (nSPS) is 17.7. The first-order chi connectivity index (χ1) is 11.2. The lowest BCUT2D eigenvalue weighted by atomic mass is 9.91. The first-order valence-corrected chi connectivity index (χ1v) is 8.82. The highest BCUT2D eigenvalue weighted by Gasteiger charge is 2.19. The van der Waals surface area contributed by atoms with Gasteiger partial charge in [0, 0.05) is 18.7 Å². The number of carbonyl (C=O) groups is 1. The molecule has 0 spiro atoms. The van der Waals surface area contributed by atoms with Crippen LogP contribution in [0, 0.1) is 0 Å². The average molecular weight is 355 g/mol. The molecule has 24 heavy (non-hydrogen) atoms. The summed E-state index contributed by atoms with van der Waals surface area (Å²) in [5, 5.41) is 9.66. The molecule has 6 nitrogen and oxygen atoms in total. The van der Waals surface area contributed by atoms with Crippen LogP contribution < -0.4 is 10.9 Å². The van der Waals surface area contributed by atoms with Crippen molar-refractivity contribution in [1.82, 2.24) is 20.4 Å². The van der Waals surface area contributed by atoms with Crippen LogP contribution in [0.15, 0.2) is 4.79 Å². The summed E-state index contributed by atoms with van der Waals surface area (Å²) in [5.74, 6) is -0.00525. The molecular weight excluding hydrogens is 328 g/mol. The summed E-state index contributed by atoms with van der Waals surface area (Å²) in [6.45, 7) is 3.89. The van der Waals surface area contributed by atoms with Crippen LogP contribution >= 0.6 is 12.4 Å². The van der Waals surface area contributed by atoms with Gasteiger partial charge in [0.1, 0.15) is 0 Å². The maximum atomic E-state index is 12.2. The molecule has 1 aromatic heterocycles. The minimum atomic E-state index is -0.0889. The largest absolute Gasteiger partial charge is 0.354 e. The third-order valence-corrected chi connectivity index (χ3v) is 4.91. The van der Waals surface area contributed by atoms with Gasteiger partial charge in [0.05, 0.1) is 12.1 Å². The minimum Gasteiger partial charge on any atom is -0.354 e. The lowest BCUT2D eigenvalue weighted by molar-refractivity contribution is -0.120. The van der Waals surface area contributed by atoms with Crippen LogP contribution in [0.4, 0.5) is 0 Å². The van der Waals surface area contributed by atoms with E-state index in [1.54, 1.807) is 0 Å². The number of piperidine rings is 1. The Balaban J connectivity index is 0.00000208. The zero-order valence-corrected chi connectivity index (χ0v) is 14.9. The Bertz CT molecular complexity index is 611. The Morgan fingerprint density at radius 1 is 1.08 bits per heavy atom. The first kappa shape index (κ1) is 18.9. The van der Waals surface area contributed by atoms with Crippen molar-refractivity contribution in [2.24, 2.45) is 0 Å². The van der Waals surface area contributed by atoms with Crippen molar-refractivity contribution in [2.45, 2.75) is 51.4 Å². The van der Waals surface area contributed by atoms with E-state index in [2.05, 4.69) is 20.4 Å². The minimum absolute atomic E-state index is 0. The molecule has 0 unspecified atom stereocenters. The number of H-pyrrole nitrogens is 1. The summed E-state index contributed by atoms with van der Waals surface area (Å²) in [6.07, 6.45) is 7.90. The molecule has 1 fully saturated rings. The van der Waals surface area contributed by atoms with Gasteiger partial charge in [-0.25, -0.2) is 5.10 Å². The number of aromatic nitrogens is 2. The Hall–Kier alpha value is -1.40. The lowest BCUT2D eigenvalue weighted by Crippen LogP contribution is -2.38. The van der Waals surface area contributed by atoms with Gasteiger partial charge in [-0.3, -0.25) is 9.59 Å². The Kier molecular flexibility index (Phi) is 7.24. The fraction of sp³-hybridized carbons (Fsp3) is 0.706. The van der Waals surface area contributed by atoms with Crippen LogP contribution in [0.5, 0.6) is 0 Å². The highest BCUT2D eigenvalue weighted by atomic mass is 35.5. The second-order valence-corrected chi connectivity index (χ2v) is 6.59. The van der Waals surface area contributed by atoms with Gasteiger partial charge in [-0.2, -0.15) is 5.10 Å². The zero-order valence-electron chi connectivity index (χ0n) is 14.1. The van der Waals surface area contributed by atoms with Crippen molar-refractivity contribution in [3.05, 3.63) is 27.2 Å². The van der Waals surface area contributed by atoms with E-state index in [0.29, 0.717) is 6.54 Å². The van der Waals surface area contributed by atoms with Crippen LogP contribution in [0.2, 0.25) is 0 Å². The summed E-state index contributed by atoms with van der Waals surface area (Å²) < 4.78 is 0. The predicted molar refractivity (Wildman–Crippen MR) is 95.8 cm³/mol. The van der Waals surface area contributed by atoms with Crippen molar-refractivity contribution in [1.29, 1.82) is 0 Å². The molecule has 134 valence electrons. The third kappa shape index (κ3) is 4.80. The number of nitrogens with zero attached hydrogens (tertiary/aromatic N) is 2. The van der Waals surface area contributed by atoms with E-state index in [9.17, 15) is 9.59 Å². The number of halogens is 1. The zero-order chi connectivity index (χ0) is 16.1. The summed E-state index contributed by atoms with van der Waals surface area (Å²) in [6, 6.07) is 0. The van der Waals surface area contributed by atoms with Crippen LogP contribution in [0.1, 0.15) is 48.9 Å². The van der Waals surface area contributed by atoms with Crippen molar-refractivity contribution in [3.8, 4) is 0 Å². The molecule has 1 aliphatic carbocycles. The number of carbonyl (C=O) groups excluding carboxylic acids is 1. The number of hydrogen-bond donors (Lipinski definition) is 2. The summed E-state index contributed by atoms with van der Waals surface area (Å²) in [4.78, 5) is 26.4. The summed E-state index contributed by atoms with van der Waals surface area (Å²) >= 11 is 0. The maximum Gasteiger partial charge on any atom is 0.267 e. The van der Waals surface area contributed by atoms with Gasteiger partial charge in [-0.15, -0.1) is 12.4 Å². The molecule has 1 aromatic rings. The van der Waals surface area contributed by atoms with Gasteiger partial charge in [0.2, 0.25) is 5.91 Å². The van der Waals surface area contributed by atoms with Crippen molar-refractivity contribution < 1.29 is 4.79 Å². The SMILES string of the molecule is Cl.O=C(Cc1n[nH]c(=O)c2c1CCCC2)NCCN1CCCCC1. The smallest absolute Gasteiger partial charge is 0.267 e. The quantitative estimate of drug-likeness (QED) is 0.833. The first-order valence-electron chi connectivity index (χ1n) is 8.82. The molecule has 2 N–H and O–H groups in total. The fourth-order valence-electron chi connectivity index (χ4n) is 3.62. The predicted octanol–water partition coefficient (Wildman–Crippen LogP) is 1.22. The lowest BCUT2D eigenvalue weighted by Gasteiger charge is -2.26. The van der Waals surface area contributed by atoms with E-state index in [-0.39, 0.29) is 30.3 Å². The Morgan fingerprint density at radius 3 is 2.54 bits per heavy atom. The molecule has 0 atom stereocenters. The molecule has 1 amide bonds. The van der Waals surface area contributed by atoms with Crippen molar-refractivity contribution >= 4 is 18.3 Å². The standard InChI is InChI=1S/C17H26N4O2.ClH/c22-16(18-8-11-21-9-4-1-5-10-21)12-15-13-6-2-3-7-14(13)17(23)20-19-15;/h1-12H2,(H,18,22)(H,20,23);1H. The number of hydrogen-bond acceptors (Lipinski definition) is 4. The molecule has 0 saturated carbocycles. The highest BCUT2D eigenvalue weighted by molar-refractivity contribution is 5.85. The van der Waals surface area contributed by atoms with Gasteiger partial charge < -0.3 is 10.2 Å². The third-order valence-electron chi connectivity index (χ3n) is 4.91. The average Bonchev–Trinajstić information content (AvgIpc) is 2.59. The molecule has 2 heterocycles. The fourth-order valence-corrected chi connectivity index (χ4v) is 3.62. The summed E-state index contributed by atoms with van der Waals surface area (Å²) in [7, 11) is 0. The molecule has 3 rings (SSSR count). The van der Waals surface area contributed by atoms with Crippen LogP contribution in [0.25, 0.3) is 0 Å².